The molecule has 0 saturated carbocycles. The largest absolute Gasteiger partial charge is 0.619 e. The van der Waals surface area contributed by atoms with E-state index in [4.69, 9.17) is 0 Å². The molecule has 4 nitrogen and oxygen atoms in total. The molecule has 4 heteroatoms. The number of benzene rings is 1. The maximum Gasteiger partial charge on any atom is 0.336 e. The number of nitrogens with zero attached hydrogens (tertiary/aromatic N) is 1. The molecule has 18 heavy (non-hydrogen) atoms. The topological polar surface area (TPSA) is 64.2 Å². The van der Waals surface area contributed by atoms with Gasteiger partial charge in [0, 0.05) is 6.07 Å². The molecular weight excluding hydrogens is 230 g/mol. The zero-order chi connectivity index (χ0) is 13.0. The minimum Gasteiger partial charge on any atom is -0.619 e. The minimum atomic E-state index is -1.06. The second kappa shape index (κ2) is 5.14. The normalized spacial score (nSPS) is 11.2. The number of carbonyl (C=O) groups is 1. The van der Waals surface area contributed by atoms with Crippen molar-refractivity contribution in [2.75, 3.05) is 0 Å². The number of hydrogen-bond acceptors (Lipinski definition) is 2. The fraction of sp³-hybridized carbons (Fsp3) is 0. The van der Waals surface area contributed by atoms with Gasteiger partial charge in [0.1, 0.15) is 0 Å². The first-order valence-corrected chi connectivity index (χ1v) is 5.36. The third-order valence-corrected chi connectivity index (χ3v) is 2.43. The first-order chi connectivity index (χ1) is 8.66. The van der Waals surface area contributed by atoms with E-state index in [-0.39, 0.29) is 5.57 Å². The standard InChI is InChI=1S/C14H11NO3/c16-14(17)13(9-11-5-2-1-3-6-11)12-7-4-8-15(18)10-12/h1-10H,(H,16,17). The number of aliphatic carboxylic acids is 1. The van der Waals surface area contributed by atoms with E-state index in [0.29, 0.717) is 10.3 Å². The van der Waals surface area contributed by atoms with Crippen molar-refractivity contribution in [3.05, 3.63) is 71.2 Å². The van der Waals surface area contributed by atoms with Crippen LogP contribution in [0.3, 0.4) is 0 Å². The predicted molar refractivity (Wildman–Crippen MR) is 67.4 cm³/mol. The average molecular weight is 241 g/mol. The lowest BCUT2D eigenvalue weighted by Crippen LogP contribution is -2.25. The second-order valence-corrected chi connectivity index (χ2v) is 3.73. The Hall–Kier alpha value is -2.62. The highest BCUT2D eigenvalue weighted by molar-refractivity contribution is 6.20. The summed E-state index contributed by atoms with van der Waals surface area (Å²) in [7, 11) is 0. The molecule has 0 unspecified atom stereocenters. The summed E-state index contributed by atoms with van der Waals surface area (Å²) in [6.45, 7) is 0. The van der Waals surface area contributed by atoms with Gasteiger partial charge in [0.2, 0.25) is 0 Å². The summed E-state index contributed by atoms with van der Waals surface area (Å²) < 4.78 is 0.580. The number of rotatable bonds is 3. The molecule has 0 bridgehead atoms. The SMILES string of the molecule is O=C(O)C(=Cc1ccccc1)c1ccc[n+]([O-])c1. The molecule has 90 valence electrons. The molecule has 0 fully saturated rings. The highest BCUT2D eigenvalue weighted by atomic mass is 16.5. The molecule has 0 atom stereocenters. The van der Waals surface area contributed by atoms with Crippen molar-refractivity contribution in [3.8, 4) is 0 Å². The lowest BCUT2D eigenvalue weighted by Gasteiger charge is -2.03. The summed E-state index contributed by atoms with van der Waals surface area (Å²) in [5.41, 5.74) is 1.24. The van der Waals surface area contributed by atoms with E-state index >= 15 is 0 Å². The molecule has 1 N–H and O–H groups in total. The average Bonchev–Trinajstić information content (AvgIpc) is 2.37. The van der Waals surface area contributed by atoms with Gasteiger partial charge in [0.15, 0.2) is 12.4 Å². The van der Waals surface area contributed by atoms with E-state index in [1.54, 1.807) is 18.2 Å². The fourth-order valence-corrected chi connectivity index (χ4v) is 1.60. The highest BCUT2D eigenvalue weighted by Gasteiger charge is 2.12. The van der Waals surface area contributed by atoms with Gasteiger partial charge in [-0.1, -0.05) is 30.3 Å². The molecular formula is C14H11NO3. The van der Waals surface area contributed by atoms with Crippen LogP contribution in [0.4, 0.5) is 0 Å². The predicted octanol–water partition coefficient (Wildman–Crippen LogP) is 1.95. The van der Waals surface area contributed by atoms with Gasteiger partial charge in [-0.25, -0.2) is 4.79 Å². The quantitative estimate of drug-likeness (QED) is 0.507. The molecule has 1 aromatic heterocycles. The van der Waals surface area contributed by atoms with E-state index in [0.717, 1.165) is 5.56 Å². The molecule has 0 saturated heterocycles. The van der Waals surface area contributed by atoms with E-state index in [2.05, 4.69) is 0 Å². The Morgan fingerprint density at radius 3 is 2.50 bits per heavy atom. The highest BCUT2D eigenvalue weighted by Crippen LogP contribution is 2.17. The first-order valence-electron chi connectivity index (χ1n) is 5.36. The Labute approximate surface area is 104 Å². The molecule has 0 aliphatic carbocycles. The van der Waals surface area contributed by atoms with Gasteiger partial charge in [0.25, 0.3) is 0 Å². The van der Waals surface area contributed by atoms with Crippen molar-refractivity contribution in [2.45, 2.75) is 0 Å². The monoisotopic (exact) mass is 241 g/mol. The Bertz CT molecular complexity index is 591. The van der Waals surface area contributed by atoms with E-state index in [1.165, 1.54) is 24.5 Å². The van der Waals surface area contributed by atoms with Crippen molar-refractivity contribution in [3.63, 3.8) is 0 Å². The molecule has 0 radical (unpaired) electrons. The molecule has 1 heterocycles. The van der Waals surface area contributed by atoms with Crippen molar-refractivity contribution in [1.29, 1.82) is 0 Å². The van der Waals surface area contributed by atoms with E-state index in [9.17, 15) is 15.1 Å². The molecule has 0 aliphatic heterocycles. The van der Waals surface area contributed by atoms with Crippen LogP contribution in [0.5, 0.6) is 0 Å². The number of aromatic nitrogens is 1. The number of pyridine rings is 1. The summed E-state index contributed by atoms with van der Waals surface area (Å²) in [4.78, 5) is 11.2. The summed E-state index contributed by atoms with van der Waals surface area (Å²) in [6.07, 6.45) is 4.09. The molecule has 0 spiro atoms. The summed E-state index contributed by atoms with van der Waals surface area (Å²) in [5, 5.41) is 20.4. The minimum absolute atomic E-state index is 0.0893. The van der Waals surface area contributed by atoms with Crippen LogP contribution in [-0.2, 0) is 4.79 Å². The van der Waals surface area contributed by atoms with Gasteiger partial charge >= 0.3 is 5.97 Å². The Morgan fingerprint density at radius 1 is 1.17 bits per heavy atom. The van der Waals surface area contributed by atoms with Gasteiger partial charge in [-0.2, -0.15) is 4.73 Å². The van der Waals surface area contributed by atoms with Crippen molar-refractivity contribution >= 4 is 17.6 Å². The van der Waals surface area contributed by atoms with E-state index < -0.39 is 5.97 Å². The Balaban J connectivity index is 2.47. The molecule has 2 aromatic rings. The third-order valence-electron chi connectivity index (χ3n) is 2.43. The van der Waals surface area contributed by atoms with Crippen LogP contribution in [0.15, 0.2) is 54.9 Å². The lowest BCUT2D eigenvalue weighted by molar-refractivity contribution is -0.605. The molecule has 0 aliphatic rings. The van der Waals surface area contributed by atoms with Gasteiger partial charge in [-0.3, -0.25) is 0 Å². The Kier molecular flexibility index (Phi) is 3.38. The van der Waals surface area contributed by atoms with Crippen molar-refractivity contribution < 1.29 is 14.6 Å². The zero-order valence-electron chi connectivity index (χ0n) is 9.48. The van der Waals surface area contributed by atoms with Crippen LogP contribution in [0.25, 0.3) is 11.6 Å². The van der Waals surface area contributed by atoms with E-state index in [1.807, 2.05) is 18.2 Å². The summed E-state index contributed by atoms with van der Waals surface area (Å²) in [5.74, 6) is -1.06. The number of carboxylic acids is 1. The van der Waals surface area contributed by atoms with Crippen LogP contribution < -0.4 is 4.73 Å². The molecule has 0 amide bonds. The van der Waals surface area contributed by atoms with Crippen LogP contribution in [0, 0.1) is 5.21 Å². The zero-order valence-corrected chi connectivity index (χ0v) is 9.48. The van der Waals surface area contributed by atoms with Crippen molar-refractivity contribution in [2.24, 2.45) is 0 Å². The maximum absolute atomic E-state index is 11.2. The van der Waals surface area contributed by atoms with Gasteiger partial charge in [0.05, 0.1) is 11.1 Å². The maximum atomic E-state index is 11.2. The Morgan fingerprint density at radius 2 is 1.89 bits per heavy atom. The lowest BCUT2D eigenvalue weighted by atomic mass is 10.0. The van der Waals surface area contributed by atoms with Crippen molar-refractivity contribution in [1.82, 2.24) is 0 Å². The third kappa shape index (κ3) is 2.74. The fourth-order valence-electron chi connectivity index (χ4n) is 1.60. The summed E-state index contributed by atoms with van der Waals surface area (Å²) in [6, 6.07) is 12.2. The van der Waals surface area contributed by atoms with Gasteiger partial charge in [-0.15, -0.1) is 0 Å². The smallest absolute Gasteiger partial charge is 0.336 e. The van der Waals surface area contributed by atoms with Crippen LogP contribution in [0.1, 0.15) is 11.1 Å². The molecule has 2 rings (SSSR count). The van der Waals surface area contributed by atoms with Gasteiger partial charge < -0.3 is 10.3 Å². The molecule has 1 aromatic carbocycles. The summed E-state index contributed by atoms with van der Waals surface area (Å²) >= 11 is 0. The number of carboxylic acid groups (broad SMARTS) is 1. The second-order valence-electron chi connectivity index (χ2n) is 3.73. The first kappa shape index (κ1) is 11.9. The van der Waals surface area contributed by atoms with Crippen LogP contribution in [-0.4, -0.2) is 11.1 Å². The van der Waals surface area contributed by atoms with Gasteiger partial charge in [-0.05, 0) is 17.7 Å². The number of hydrogen-bond donors (Lipinski definition) is 1. The van der Waals surface area contributed by atoms with Crippen LogP contribution in [0.2, 0.25) is 0 Å². The van der Waals surface area contributed by atoms with Crippen LogP contribution >= 0.6 is 0 Å².